The Hall–Kier alpha value is -2.50. The molecule has 4 aliphatic rings. The van der Waals surface area contributed by atoms with Crippen LogP contribution in [0.4, 0.5) is 5.69 Å². The fourth-order valence-corrected chi connectivity index (χ4v) is 3.70. The summed E-state index contributed by atoms with van der Waals surface area (Å²) in [5.41, 5.74) is 1.32. The number of nitro groups is 1. The fraction of sp³-hybridized carbons (Fsp3) is 0.286. The van der Waals surface area contributed by atoms with Gasteiger partial charge < -0.3 is 4.74 Å². The molecule has 4 atom stereocenters. The van der Waals surface area contributed by atoms with Gasteiger partial charge in [0, 0.05) is 23.5 Å². The van der Waals surface area contributed by atoms with Crippen LogP contribution in [-0.4, -0.2) is 16.9 Å². The third-order valence-corrected chi connectivity index (χ3v) is 4.44. The van der Waals surface area contributed by atoms with Gasteiger partial charge in [0.25, 0.3) is 5.69 Å². The van der Waals surface area contributed by atoms with Crippen molar-refractivity contribution in [2.75, 3.05) is 0 Å². The number of allylic oxidation sites excluding steroid dienone is 2. The lowest BCUT2D eigenvalue weighted by atomic mass is 9.60. The molecule has 0 spiro atoms. The van der Waals surface area contributed by atoms with Gasteiger partial charge in [0.05, 0.1) is 16.8 Å². The van der Waals surface area contributed by atoms with E-state index in [1.54, 1.807) is 18.2 Å². The number of nitrogens with zero attached hydrogens (tertiary/aromatic N) is 1. The Morgan fingerprint density at radius 2 is 1.70 bits per heavy atom. The van der Waals surface area contributed by atoms with Crippen molar-refractivity contribution in [3.05, 3.63) is 51.6 Å². The fourth-order valence-electron chi connectivity index (χ4n) is 3.70. The number of carbonyl (C=O) groups excluding carboxylic acids is 2. The number of hydrogen-bond donors (Lipinski definition) is 0. The second-order valence-electron chi connectivity index (χ2n) is 5.27. The quantitative estimate of drug-likeness (QED) is 0.255. The van der Waals surface area contributed by atoms with Crippen LogP contribution in [0.3, 0.4) is 0 Å². The molecule has 5 rings (SSSR count). The predicted molar refractivity (Wildman–Crippen MR) is 65.8 cm³/mol. The Bertz CT molecular complexity index is 708. The number of cyclic esters (lactones) is 2. The van der Waals surface area contributed by atoms with E-state index in [2.05, 4.69) is 0 Å². The first-order valence-electron chi connectivity index (χ1n) is 6.30. The maximum Gasteiger partial charge on any atom is 0.318 e. The zero-order valence-corrected chi connectivity index (χ0v) is 10.2. The van der Waals surface area contributed by atoms with E-state index in [4.69, 9.17) is 4.74 Å². The van der Waals surface area contributed by atoms with Gasteiger partial charge in [-0.25, -0.2) is 0 Å². The Kier molecular flexibility index (Phi) is 2.00. The van der Waals surface area contributed by atoms with Crippen LogP contribution in [0.25, 0.3) is 0 Å². The van der Waals surface area contributed by atoms with Gasteiger partial charge in [-0.2, -0.15) is 0 Å². The Balaban J connectivity index is 1.98. The molecule has 1 aliphatic heterocycles. The molecule has 1 saturated heterocycles. The zero-order valence-electron chi connectivity index (χ0n) is 10.2. The smallest absolute Gasteiger partial charge is 0.318 e. The van der Waals surface area contributed by atoms with E-state index in [0.29, 0.717) is 5.56 Å². The van der Waals surface area contributed by atoms with Crippen molar-refractivity contribution >= 4 is 17.6 Å². The summed E-state index contributed by atoms with van der Waals surface area (Å²) in [5, 5.41) is 11.2. The number of carbonyl (C=O) groups is 2. The number of esters is 2. The van der Waals surface area contributed by atoms with Crippen LogP contribution >= 0.6 is 0 Å². The van der Waals surface area contributed by atoms with E-state index in [9.17, 15) is 19.7 Å². The molecule has 0 unspecified atom stereocenters. The van der Waals surface area contributed by atoms with Crippen molar-refractivity contribution in [1.82, 2.24) is 0 Å². The monoisotopic (exact) mass is 271 g/mol. The number of ether oxygens (including phenoxy) is 1. The van der Waals surface area contributed by atoms with Crippen LogP contribution in [0.1, 0.15) is 23.0 Å². The molecule has 0 radical (unpaired) electrons. The summed E-state index contributed by atoms with van der Waals surface area (Å²) in [6.45, 7) is 0. The second-order valence-corrected chi connectivity index (χ2v) is 5.27. The van der Waals surface area contributed by atoms with E-state index >= 15 is 0 Å². The molecule has 1 fully saturated rings. The number of benzene rings is 1. The predicted octanol–water partition coefficient (Wildman–Crippen LogP) is 1.66. The molecule has 0 N–H and O–H groups in total. The van der Waals surface area contributed by atoms with Gasteiger partial charge in [-0.3, -0.25) is 19.7 Å². The molecule has 2 bridgehead atoms. The van der Waals surface area contributed by atoms with Gasteiger partial charge in [-0.05, 0) is 5.56 Å². The van der Waals surface area contributed by atoms with Gasteiger partial charge in [0.15, 0.2) is 0 Å². The van der Waals surface area contributed by atoms with Crippen LogP contribution in [-0.2, 0) is 14.3 Å². The zero-order chi connectivity index (χ0) is 14.0. The Morgan fingerprint density at radius 1 is 1.05 bits per heavy atom. The van der Waals surface area contributed by atoms with Crippen molar-refractivity contribution in [2.45, 2.75) is 11.8 Å². The van der Waals surface area contributed by atoms with Crippen LogP contribution in [0.15, 0.2) is 30.4 Å². The first-order valence-corrected chi connectivity index (χ1v) is 6.30. The summed E-state index contributed by atoms with van der Waals surface area (Å²) < 4.78 is 4.73. The maximum atomic E-state index is 11.9. The van der Waals surface area contributed by atoms with Crippen molar-refractivity contribution in [3.63, 3.8) is 0 Å². The first-order chi connectivity index (χ1) is 9.59. The maximum absolute atomic E-state index is 11.9. The molecule has 1 aromatic carbocycles. The average molecular weight is 271 g/mol. The van der Waals surface area contributed by atoms with E-state index < -0.39 is 34.6 Å². The molecular formula is C14H9NO5. The number of nitro benzene ring substituents is 1. The molecule has 0 amide bonds. The summed E-state index contributed by atoms with van der Waals surface area (Å²) in [4.78, 5) is 34.4. The van der Waals surface area contributed by atoms with Crippen molar-refractivity contribution in [3.8, 4) is 0 Å². The SMILES string of the molecule is O=C1OC(=O)[C@H]2[C@@H]1[C@H]1C=C[C@H]2c2c1cccc2[N+](=O)[O-]. The van der Waals surface area contributed by atoms with Gasteiger partial charge in [0.1, 0.15) is 0 Å². The van der Waals surface area contributed by atoms with Gasteiger partial charge in [-0.1, -0.05) is 24.3 Å². The molecule has 6 heteroatoms. The van der Waals surface area contributed by atoms with Crippen LogP contribution in [0.2, 0.25) is 0 Å². The minimum Gasteiger partial charge on any atom is -0.393 e. The Morgan fingerprint density at radius 3 is 2.40 bits per heavy atom. The van der Waals surface area contributed by atoms with E-state index in [0.717, 1.165) is 5.56 Å². The Labute approximate surface area is 113 Å². The third-order valence-electron chi connectivity index (χ3n) is 4.44. The third kappa shape index (κ3) is 1.18. The highest BCUT2D eigenvalue weighted by Crippen LogP contribution is 2.56. The molecule has 100 valence electrons. The lowest BCUT2D eigenvalue weighted by Gasteiger charge is -2.38. The van der Waals surface area contributed by atoms with Gasteiger partial charge in [-0.15, -0.1) is 0 Å². The molecule has 20 heavy (non-hydrogen) atoms. The van der Waals surface area contributed by atoms with Crippen molar-refractivity contribution < 1.29 is 19.2 Å². The first kappa shape index (κ1) is 11.3. The minimum absolute atomic E-state index is 0.00690. The summed E-state index contributed by atoms with van der Waals surface area (Å²) in [5.74, 6) is -2.99. The molecule has 3 aliphatic carbocycles. The van der Waals surface area contributed by atoms with Gasteiger partial charge in [0.2, 0.25) is 0 Å². The normalized spacial score (nSPS) is 32.8. The molecule has 6 nitrogen and oxygen atoms in total. The number of rotatable bonds is 1. The lowest BCUT2D eigenvalue weighted by molar-refractivity contribution is -0.385. The molecule has 1 heterocycles. The molecule has 1 aromatic rings. The van der Waals surface area contributed by atoms with Crippen molar-refractivity contribution in [2.24, 2.45) is 11.8 Å². The molecule has 0 aromatic heterocycles. The molecule has 0 saturated carbocycles. The summed E-state index contributed by atoms with van der Waals surface area (Å²) >= 11 is 0. The van der Waals surface area contributed by atoms with Crippen LogP contribution in [0, 0.1) is 22.0 Å². The summed E-state index contributed by atoms with van der Waals surface area (Å²) in [7, 11) is 0. The van der Waals surface area contributed by atoms with Crippen LogP contribution < -0.4 is 0 Å². The summed E-state index contributed by atoms with van der Waals surface area (Å²) in [6, 6.07) is 4.84. The highest BCUT2D eigenvalue weighted by molar-refractivity contribution is 5.99. The van der Waals surface area contributed by atoms with E-state index in [-0.39, 0.29) is 11.6 Å². The lowest BCUT2D eigenvalue weighted by Crippen LogP contribution is -2.37. The topological polar surface area (TPSA) is 86.5 Å². The standard InChI is InChI=1S/C14H9NO5/c16-13-11-7-4-5-8(12(11)14(17)20-13)10-6(7)2-1-3-9(10)15(18)19/h1-5,7-8,11-12H/t7-,8-,11-,12+/m0/s1. The van der Waals surface area contributed by atoms with E-state index in [1.807, 2.05) is 6.08 Å². The van der Waals surface area contributed by atoms with Crippen LogP contribution in [0.5, 0.6) is 0 Å². The van der Waals surface area contributed by atoms with Gasteiger partial charge >= 0.3 is 11.9 Å². The average Bonchev–Trinajstić information content (AvgIpc) is 2.76. The van der Waals surface area contributed by atoms with E-state index in [1.165, 1.54) is 6.07 Å². The minimum atomic E-state index is -0.619. The highest BCUT2D eigenvalue weighted by atomic mass is 16.6. The second kappa shape index (κ2) is 3.53. The largest absolute Gasteiger partial charge is 0.393 e. The van der Waals surface area contributed by atoms with Crippen molar-refractivity contribution in [1.29, 1.82) is 0 Å². The highest BCUT2D eigenvalue weighted by Gasteiger charge is 2.58. The molecular weight excluding hydrogens is 262 g/mol. The summed E-state index contributed by atoms with van der Waals surface area (Å²) in [6.07, 6.45) is 3.65. The number of hydrogen-bond acceptors (Lipinski definition) is 5.